The molecule has 2 heterocycles. The van der Waals surface area contributed by atoms with Crippen molar-refractivity contribution in [1.29, 1.82) is 0 Å². The van der Waals surface area contributed by atoms with Crippen LogP contribution >= 0.6 is 0 Å². The van der Waals surface area contributed by atoms with Gasteiger partial charge < -0.3 is 20.6 Å². The third kappa shape index (κ3) is 4.60. The Bertz CT molecular complexity index is 461. The Kier molecular flexibility index (Phi) is 5.80. The van der Waals surface area contributed by atoms with Crippen LogP contribution in [0.5, 0.6) is 0 Å². The SMILES string of the molecule is CC(CCO)CNC(=O)Nc1cccnc1N1CCCC1. The largest absolute Gasteiger partial charge is 0.396 e. The van der Waals surface area contributed by atoms with E-state index in [9.17, 15) is 4.79 Å². The van der Waals surface area contributed by atoms with Crippen LogP contribution < -0.4 is 15.5 Å². The number of hydrogen-bond acceptors (Lipinski definition) is 4. The van der Waals surface area contributed by atoms with E-state index in [1.54, 1.807) is 6.20 Å². The van der Waals surface area contributed by atoms with Crippen LogP contribution in [0.4, 0.5) is 16.3 Å². The van der Waals surface area contributed by atoms with Crippen LogP contribution in [0, 0.1) is 5.92 Å². The monoisotopic (exact) mass is 292 g/mol. The molecule has 0 radical (unpaired) electrons. The van der Waals surface area contributed by atoms with Crippen molar-refractivity contribution in [2.24, 2.45) is 5.92 Å². The van der Waals surface area contributed by atoms with Gasteiger partial charge in [-0.2, -0.15) is 0 Å². The number of amides is 2. The van der Waals surface area contributed by atoms with Gasteiger partial charge >= 0.3 is 6.03 Å². The van der Waals surface area contributed by atoms with E-state index < -0.39 is 0 Å². The van der Waals surface area contributed by atoms with Crippen LogP contribution in [0.1, 0.15) is 26.2 Å². The quantitative estimate of drug-likeness (QED) is 0.747. The van der Waals surface area contributed by atoms with Crippen molar-refractivity contribution in [2.45, 2.75) is 26.2 Å². The van der Waals surface area contributed by atoms with Crippen LogP contribution in [0.2, 0.25) is 0 Å². The minimum Gasteiger partial charge on any atom is -0.396 e. The van der Waals surface area contributed by atoms with Crippen molar-refractivity contribution < 1.29 is 9.90 Å². The number of nitrogens with zero attached hydrogens (tertiary/aromatic N) is 2. The van der Waals surface area contributed by atoms with E-state index in [0.29, 0.717) is 13.0 Å². The van der Waals surface area contributed by atoms with Gasteiger partial charge in [0.1, 0.15) is 0 Å². The van der Waals surface area contributed by atoms with Crippen LogP contribution in [-0.4, -0.2) is 42.4 Å². The van der Waals surface area contributed by atoms with Crippen molar-refractivity contribution in [3.05, 3.63) is 18.3 Å². The Hall–Kier alpha value is -1.82. The predicted octanol–water partition coefficient (Wildman–Crippen LogP) is 1.82. The van der Waals surface area contributed by atoms with E-state index >= 15 is 0 Å². The Morgan fingerprint density at radius 2 is 2.24 bits per heavy atom. The molecule has 1 aliphatic heterocycles. The van der Waals surface area contributed by atoms with Crippen molar-refractivity contribution in [3.63, 3.8) is 0 Å². The molecule has 1 aromatic heterocycles. The second kappa shape index (κ2) is 7.83. The molecule has 21 heavy (non-hydrogen) atoms. The second-order valence-electron chi connectivity index (χ2n) is 5.52. The molecule has 2 amide bonds. The Balaban J connectivity index is 1.91. The third-order valence-corrected chi connectivity index (χ3v) is 3.67. The average Bonchev–Trinajstić information content (AvgIpc) is 3.00. The molecule has 1 saturated heterocycles. The molecule has 0 aromatic carbocycles. The van der Waals surface area contributed by atoms with Crippen molar-refractivity contribution >= 4 is 17.5 Å². The van der Waals surface area contributed by atoms with Gasteiger partial charge in [0.05, 0.1) is 5.69 Å². The maximum absolute atomic E-state index is 12.0. The fourth-order valence-corrected chi connectivity index (χ4v) is 2.43. The summed E-state index contributed by atoms with van der Waals surface area (Å²) in [6.45, 7) is 4.66. The molecule has 6 nitrogen and oxygen atoms in total. The van der Waals surface area contributed by atoms with Gasteiger partial charge in [-0.3, -0.25) is 0 Å². The molecule has 2 rings (SSSR count). The number of rotatable bonds is 6. The van der Waals surface area contributed by atoms with Gasteiger partial charge in [0.2, 0.25) is 0 Å². The molecule has 0 spiro atoms. The van der Waals surface area contributed by atoms with Crippen molar-refractivity contribution in [2.75, 3.05) is 36.5 Å². The molecule has 1 aromatic rings. The fourth-order valence-electron chi connectivity index (χ4n) is 2.43. The topological polar surface area (TPSA) is 77.5 Å². The number of aromatic nitrogens is 1. The zero-order valence-electron chi connectivity index (χ0n) is 12.5. The summed E-state index contributed by atoms with van der Waals surface area (Å²) in [4.78, 5) is 18.5. The lowest BCUT2D eigenvalue weighted by Gasteiger charge is -2.20. The summed E-state index contributed by atoms with van der Waals surface area (Å²) >= 11 is 0. The summed E-state index contributed by atoms with van der Waals surface area (Å²) in [5.41, 5.74) is 0.742. The number of nitrogens with one attached hydrogen (secondary N) is 2. The lowest BCUT2D eigenvalue weighted by Crippen LogP contribution is -2.33. The Morgan fingerprint density at radius 1 is 1.48 bits per heavy atom. The molecule has 116 valence electrons. The zero-order chi connectivity index (χ0) is 15.1. The predicted molar refractivity (Wildman–Crippen MR) is 83.6 cm³/mol. The van der Waals surface area contributed by atoms with E-state index in [2.05, 4.69) is 20.5 Å². The van der Waals surface area contributed by atoms with Crippen LogP contribution in [-0.2, 0) is 0 Å². The highest BCUT2D eigenvalue weighted by Crippen LogP contribution is 2.25. The molecule has 3 N–H and O–H groups in total. The van der Waals surface area contributed by atoms with Gasteiger partial charge in [0.15, 0.2) is 5.82 Å². The van der Waals surface area contributed by atoms with Crippen molar-refractivity contribution in [3.8, 4) is 0 Å². The first-order valence-corrected chi connectivity index (χ1v) is 7.56. The van der Waals surface area contributed by atoms with Crippen molar-refractivity contribution in [1.82, 2.24) is 10.3 Å². The number of aliphatic hydroxyl groups excluding tert-OH is 1. The number of urea groups is 1. The fraction of sp³-hybridized carbons (Fsp3) is 0.600. The molecule has 0 saturated carbocycles. The maximum Gasteiger partial charge on any atom is 0.319 e. The number of carbonyl (C=O) groups is 1. The van der Waals surface area contributed by atoms with Gasteiger partial charge in [0.25, 0.3) is 0 Å². The first-order chi connectivity index (χ1) is 10.2. The molecule has 1 atom stereocenters. The van der Waals surface area contributed by atoms with E-state index in [1.165, 1.54) is 12.8 Å². The molecular formula is C15H24N4O2. The highest BCUT2D eigenvalue weighted by molar-refractivity contribution is 5.92. The number of anilines is 2. The number of aliphatic hydroxyl groups is 1. The average molecular weight is 292 g/mol. The molecular weight excluding hydrogens is 268 g/mol. The van der Waals surface area contributed by atoms with Crippen LogP contribution in [0.3, 0.4) is 0 Å². The number of hydrogen-bond donors (Lipinski definition) is 3. The highest BCUT2D eigenvalue weighted by atomic mass is 16.3. The van der Waals surface area contributed by atoms with Gasteiger partial charge in [-0.25, -0.2) is 9.78 Å². The lowest BCUT2D eigenvalue weighted by molar-refractivity contribution is 0.243. The molecule has 0 bridgehead atoms. The summed E-state index contributed by atoms with van der Waals surface area (Å²) in [7, 11) is 0. The van der Waals surface area contributed by atoms with Crippen LogP contribution in [0.25, 0.3) is 0 Å². The highest BCUT2D eigenvalue weighted by Gasteiger charge is 2.17. The summed E-state index contributed by atoms with van der Waals surface area (Å²) in [6, 6.07) is 3.47. The van der Waals surface area contributed by atoms with Gasteiger partial charge in [0, 0.05) is 32.4 Å². The summed E-state index contributed by atoms with van der Waals surface area (Å²) in [5, 5.41) is 14.5. The van der Waals surface area contributed by atoms with Crippen LogP contribution in [0.15, 0.2) is 18.3 Å². The first kappa shape index (κ1) is 15.6. The lowest BCUT2D eigenvalue weighted by atomic mass is 10.1. The van der Waals surface area contributed by atoms with E-state index in [4.69, 9.17) is 5.11 Å². The maximum atomic E-state index is 12.0. The van der Waals surface area contributed by atoms with E-state index in [0.717, 1.165) is 24.6 Å². The molecule has 1 unspecified atom stereocenters. The van der Waals surface area contributed by atoms with Gasteiger partial charge in [-0.15, -0.1) is 0 Å². The van der Waals surface area contributed by atoms with E-state index in [-0.39, 0.29) is 18.6 Å². The normalized spacial score (nSPS) is 15.8. The first-order valence-electron chi connectivity index (χ1n) is 7.56. The van der Waals surface area contributed by atoms with E-state index in [1.807, 2.05) is 19.1 Å². The summed E-state index contributed by atoms with van der Waals surface area (Å²) < 4.78 is 0. The molecule has 1 fully saturated rings. The van der Waals surface area contributed by atoms with Gasteiger partial charge in [-0.05, 0) is 37.3 Å². The Labute approximate surface area is 125 Å². The Morgan fingerprint density at radius 3 is 2.95 bits per heavy atom. The smallest absolute Gasteiger partial charge is 0.319 e. The molecule has 0 aliphatic carbocycles. The summed E-state index contributed by atoms with van der Waals surface area (Å²) in [6.07, 6.45) is 4.77. The third-order valence-electron chi connectivity index (χ3n) is 3.67. The standard InChI is InChI=1S/C15H24N4O2/c1-12(6-10-20)11-17-15(21)18-13-5-4-7-16-14(13)19-8-2-3-9-19/h4-5,7,12,20H,2-3,6,8-11H2,1H3,(H2,17,18,21). The minimum absolute atomic E-state index is 0.145. The molecule has 6 heteroatoms. The summed E-state index contributed by atoms with van der Waals surface area (Å²) in [5.74, 6) is 1.10. The minimum atomic E-state index is -0.228. The number of carbonyl (C=O) groups excluding carboxylic acids is 1. The van der Waals surface area contributed by atoms with Gasteiger partial charge in [-0.1, -0.05) is 6.92 Å². The number of pyridine rings is 1. The second-order valence-corrected chi connectivity index (χ2v) is 5.52. The molecule has 1 aliphatic rings. The zero-order valence-corrected chi connectivity index (χ0v) is 12.5.